The third-order valence-electron chi connectivity index (χ3n) is 3.30. The molecule has 0 spiro atoms. The molecule has 98 valence electrons. The first kappa shape index (κ1) is 12.7. The molecule has 0 aliphatic carbocycles. The third-order valence-corrected chi connectivity index (χ3v) is 3.30. The molecule has 2 rings (SSSR count). The van der Waals surface area contributed by atoms with Crippen LogP contribution in [0.1, 0.15) is 10.4 Å². The average molecular weight is 249 g/mol. The van der Waals surface area contributed by atoms with Gasteiger partial charge in [0.15, 0.2) is 0 Å². The molecule has 1 saturated heterocycles. The standard InChI is InChI=1S/C13H19N3O2/c1-15-5-7-16(8-6-15)12-9-10(13(17)18-2)3-4-11(12)14/h3-4,9H,5-8,14H2,1-2H3. The molecule has 0 unspecified atom stereocenters. The summed E-state index contributed by atoms with van der Waals surface area (Å²) in [6.45, 7) is 3.85. The van der Waals surface area contributed by atoms with Crippen LogP contribution in [0.4, 0.5) is 11.4 Å². The zero-order valence-electron chi connectivity index (χ0n) is 10.8. The van der Waals surface area contributed by atoms with Gasteiger partial charge in [-0.05, 0) is 25.2 Å². The van der Waals surface area contributed by atoms with Crippen LogP contribution in [0.15, 0.2) is 18.2 Å². The predicted octanol–water partition coefficient (Wildman–Crippen LogP) is 0.807. The fourth-order valence-corrected chi connectivity index (χ4v) is 2.11. The van der Waals surface area contributed by atoms with Crippen molar-refractivity contribution < 1.29 is 9.53 Å². The number of anilines is 2. The average Bonchev–Trinajstić information content (AvgIpc) is 2.39. The fourth-order valence-electron chi connectivity index (χ4n) is 2.11. The quantitative estimate of drug-likeness (QED) is 0.621. The lowest BCUT2D eigenvalue weighted by Crippen LogP contribution is -2.44. The van der Waals surface area contributed by atoms with Crippen molar-refractivity contribution in [2.45, 2.75) is 0 Å². The van der Waals surface area contributed by atoms with E-state index in [2.05, 4.69) is 16.8 Å². The van der Waals surface area contributed by atoms with Gasteiger partial charge in [0.1, 0.15) is 0 Å². The number of piperazine rings is 1. The van der Waals surface area contributed by atoms with Crippen molar-refractivity contribution >= 4 is 17.3 Å². The van der Waals surface area contributed by atoms with E-state index < -0.39 is 0 Å². The smallest absolute Gasteiger partial charge is 0.337 e. The summed E-state index contributed by atoms with van der Waals surface area (Å²) in [5.41, 5.74) is 8.15. The summed E-state index contributed by atoms with van der Waals surface area (Å²) in [4.78, 5) is 16.0. The van der Waals surface area contributed by atoms with Crippen LogP contribution in [-0.4, -0.2) is 51.2 Å². The minimum absolute atomic E-state index is 0.328. The zero-order valence-corrected chi connectivity index (χ0v) is 10.8. The second-order valence-electron chi connectivity index (χ2n) is 4.56. The van der Waals surface area contributed by atoms with Crippen molar-refractivity contribution in [1.29, 1.82) is 0 Å². The SMILES string of the molecule is COC(=O)c1ccc(N)c(N2CCN(C)CC2)c1. The molecular formula is C13H19N3O2. The number of carbonyl (C=O) groups is 1. The molecule has 1 aromatic rings. The Kier molecular flexibility index (Phi) is 3.72. The number of methoxy groups -OCH3 is 1. The Labute approximate surface area is 107 Å². The van der Waals surface area contributed by atoms with E-state index in [-0.39, 0.29) is 5.97 Å². The Morgan fingerprint density at radius 3 is 2.56 bits per heavy atom. The third kappa shape index (κ3) is 2.56. The lowest BCUT2D eigenvalue weighted by atomic mass is 10.1. The van der Waals surface area contributed by atoms with E-state index in [4.69, 9.17) is 10.5 Å². The van der Waals surface area contributed by atoms with Crippen LogP contribution in [-0.2, 0) is 4.74 Å². The van der Waals surface area contributed by atoms with Crippen LogP contribution in [0.3, 0.4) is 0 Å². The van der Waals surface area contributed by atoms with Crippen molar-refractivity contribution in [3.05, 3.63) is 23.8 Å². The number of ether oxygens (including phenoxy) is 1. The van der Waals surface area contributed by atoms with Crippen molar-refractivity contribution in [2.75, 3.05) is 51.0 Å². The number of hydrogen-bond acceptors (Lipinski definition) is 5. The largest absolute Gasteiger partial charge is 0.465 e. The van der Waals surface area contributed by atoms with Crippen LogP contribution < -0.4 is 10.6 Å². The monoisotopic (exact) mass is 249 g/mol. The Hall–Kier alpha value is -1.75. The molecule has 0 bridgehead atoms. The van der Waals surface area contributed by atoms with Gasteiger partial charge in [-0.15, -0.1) is 0 Å². The number of carbonyl (C=O) groups excluding carboxylic acids is 1. The van der Waals surface area contributed by atoms with E-state index in [1.807, 2.05) is 6.07 Å². The maximum atomic E-state index is 11.5. The molecule has 1 heterocycles. The summed E-state index contributed by atoms with van der Waals surface area (Å²) in [5.74, 6) is -0.328. The Bertz CT molecular complexity index is 440. The van der Waals surface area contributed by atoms with E-state index in [9.17, 15) is 4.79 Å². The molecule has 0 atom stereocenters. The summed E-state index contributed by atoms with van der Waals surface area (Å²) < 4.78 is 4.73. The summed E-state index contributed by atoms with van der Waals surface area (Å²) in [7, 11) is 3.49. The second-order valence-corrected chi connectivity index (χ2v) is 4.56. The highest BCUT2D eigenvalue weighted by atomic mass is 16.5. The van der Waals surface area contributed by atoms with Gasteiger partial charge in [-0.25, -0.2) is 4.79 Å². The highest BCUT2D eigenvalue weighted by molar-refractivity contribution is 5.92. The maximum Gasteiger partial charge on any atom is 0.337 e. The molecule has 2 N–H and O–H groups in total. The summed E-state index contributed by atoms with van der Waals surface area (Å²) in [5, 5.41) is 0. The van der Waals surface area contributed by atoms with Gasteiger partial charge >= 0.3 is 5.97 Å². The van der Waals surface area contributed by atoms with Gasteiger partial charge in [0, 0.05) is 26.2 Å². The molecule has 1 aromatic carbocycles. The molecular weight excluding hydrogens is 230 g/mol. The van der Waals surface area contributed by atoms with Crippen molar-refractivity contribution in [1.82, 2.24) is 4.90 Å². The maximum absolute atomic E-state index is 11.5. The number of nitrogen functional groups attached to an aromatic ring is 1. The lowest BCUT2D eigenvalue weighted by Gasteiger charge is -2.34. The molecule has 0 amide bonds. The Morgan fingerprint density at radius 2 is 1.94 bits per heavy atom. The fraction of sp³-hybridized carbons (Fsp3) is 0.462. The van der Waals surface area contributed by atoms with Gasteiger partial charge in [-0.3, -0.25) is 0 Å². The van der Waals surface area contributed by atoms with Gasteiger partial charge in [0.25, 0.3) is 0 Å². The zero-order chi connectivity index (χ0) is 13.1. The number of benzene rings is 1. The highest BCUT2D eigenvalue weighted by Gasteiger charge is 2.18. The number of nitrogens with zero attached hydrogens (tertiary/aromatic N) is 2. The van der Waals surface area contributed by atoms with Crippen molar-refractivity contribution in [3.63, 3.8) is 0 Å². The first-order chi connectivity index (χ1) is 8.61. The molecule has 0 radical (unpaired) electrons. The molecule has 18 heavy (non-hydrogen) atoms. The molecule has 1 fully saturated rings. The molecule has 0 saturated carbocycles. The highest BCUT2D eigenvalue weighted by Crippen LogP contribution is 2.25. The van der Waals surface area contributed by atoms with E-state index in [1.54, 1.807) is 12.1 Å². The van der Waals surface area contributed by atoms with E-state index in [0.717, 1.165) is 31.9 Å². The summed E-state index contributed by atoms with van der Waals surface area (Å²) >= 11 is 0. The van der Waals surface area contributed by atoms with Crippen LogP contribution in [0.25, 0.3) is 0 Å². The molecule has 0 aromatic heterocycles. The van der Waals surface area contributed by atoms with E-state index in [1.165, 1.54) is 7.11 Å². The Balaban J connectivity index is 2.23. The summed E-state index contributed by atoms with van der Waals surface area (Å²) in [6.07, 6.45) is 0. The Morgan fingerprint density at radius 1 is 1.28 bits per heavy atom. The van der Waals surface area contributed by atoms with Crippen LogP contribution in [0, 0.1) is 0 Å². The van der Waals surface area contributed by atoms with Gasteiger partial charge < -0.3 is 20.3 Å². The topological polar surface area (TPSA) is 58.8 Å². The number of rotatable bonds is 2. The van der Waals surface area contributed by atoms with Crippen LogP contribution >= 0.6 is 0 Å². The number of esters is 1. The number of likely N-dealkylation sites (N-methyl/N-ethyl adjacent to an activating group) is 1. The predicted molar refractivity (Wildman–Crippen MR) is 71.9 cm³/mol. The molecule has 5 nitrogen and oxygen atoms in total. The minimum atomic E-state index is -0.328. The van der Waals surface area contributed by atoms with Gasteiger partial charge in [0.2, 0.25) is 0 Å². The lowest BCUT2D eigenvalue weighted by molar-refractivity contribution is 0.0601. The van der Waals surface area contributed by atoms with Crippen LogP contribution in [0.2, 0.25) is 0 Å². The van der Waals surface area contributed by atoms with Gasteiger partial charge in [-0.1, -0.05) is 0 Å². The van der Waals surface area contributed by atoms with Crippen molar-refractivity contribution in [2.24, 2.45) is 0 Å². The van der Waals surface area contributed by atoms with Crippen LogP contribution in [0.5, 0.6) is 0 Å². The number of hydrogen-bond donors (Lipinski definition) is 1. The van der Waals surface area contributed by atoms with Crippen molar-refractivity contribution in [3.8, 4) is 0 Å². The molecule has 1 aliphatic rings. The summed E-state index contributed by atoms with van der Waals surface area (Å²) in [6, 6.07) is 5.27. The molecule has 1 aliphatic heterocycles. The normalized spacial score (nSPS) is 16.7. The first-order valence-corrected chi connectivity index (χ1v) is 6.03. The van der Waals surface area contributed by atoms with E-state index in [0.29, 0.717) is 11.3 Å². The molecule has 5 heteroatoms. The second kappa shape index (κ2) is 5.27. The van der Waals surface area contributed by atoms with E-state index >= 15 is 0 Å². The minimum Gasteiger partial charge on any atom is -0.465 e. The van der Waals surface area contributed by atoms with Gasteiger partial charge in [-0.2, -0.15) is 0 Å². The first-order valence-electron chi connectivity index (χ1n) is 6.03. The van der Waals surface area contributed by atoms with Gasteiger partial charge in [0.05, 0.1) is 24.0 Å². The number of nitrogens with two attached hydrogens (primary N) is 1.